The van der Waals surface area contributed by atoms with E-state index < -0.39 is 16.0 Å². The van der Waals surface area contributed by atoms with Crippen molar-refractivity contribution in [2.75, 3.05) is 19.3 Å². The maximum Gasteiger partial charge on any atom is 0.337 e. The van der Waals surface area contributed by atoms with Crippen molar-refractivity contribution in [2.24, 2.45) is 0 Å². The number of piperidine rings is 1. The zero-order chi connectivity index (χ0) is 18.0. The maximum atomic E-state index is 11.9. The van der Waals surface area contributed by atoms with Crippen molar-refractivity contribution in [3.63, 3.8) is 0 Å². The Kier molecular flexibility index (Phi) is 4.78. The van der Waals surface area contributed by atoms with Gasteiger partial charge >= 0.3 is 5.97 Å². The molecule has 0 amide bonds. The lowest BCUT2D eigenvalue weighted by atomic mass is 9.92. The molecule has 0 spiro atoms. The number of pyridine rings is 1. The summed E-state index contributed by atoms with van der Waals surface area (Å²) in [5, 5.41) is 9.15. The molecule has 1 fully saturated rings. The molecule has 1 N–H and O–H groups in total. The molecule has 0 unspecified atom stereocenters. The minimum absolute atomic E-state index is 0.0653. The highest BCUT2D eigenvalue weighted by Gasteiger charge is 2.29. The van der Waals surface area contributed by atoms with Crippen LogP contribution in [-0.4, -0.2) is 58.1 Å². The summed E-state index contributed by atoms with van der Waals surface area (Å²) in [6.07, 6.45) is 8.64. The number of nitrogens with zero attached hydrogens (tertiary/aromatic N) is 4. The van der Waals surface area contributed by atoms with Crippen molar-refractivity contribution in [2.45, 2.75) is 18.8 Å². The highest BCUT2D eigenvalue weighted by Crippen LogP contribution is 2.32. The summed E-state index contributed by atoms with van der Waals surface area (Å²) >= 11 is 0. The van der Waals surface area contributed by atoms with Gasteiger partial charge in [-0.3, -0.25) is 15.0 Å². The predicted molar refractivity (Wildman–Crippen MR) is 90.6 cm³/mol. The van der Waals surface area contributed by atoms with Gasteiger partial charge in [0.15, 0.2) is 0 Å². The Bertz CT molecular complexity index is 901. The largest absolute Gasteiger partial charge is 0.478 e. The van der Waals surface area contributed by atoms with Crippen LogP contribution in [0.3, 0.4) is 0 Å². The average Bonchev–Trinajstić information content (AvgIpc) is 2.61. The summed E-state index contributed by atoms with van der Waals surface area (Å²) in [4.78, 5) is 23.9. The Balaban J connectivity index is 1.99. The highest BCUT2D eigenvalue weighted by molar-refractivity contribution is 7.88. The van der Waals surface area contributed by atoms with Crippen LogP contribution in [0.4, 0.5) is 0 Å². The van der Waals surface area contributed by atoms with E-state index in [0.717, 1.165) is 12.8 Å². The first-order valence-electron chi connectivity index (χ1n) is 7.81. The molecule has 8 nitrogen and oxygen atoms in total. The van der Waals surface area contributed by atoms with Gasteiger partial charge in [-0.1, -0.05) is 0 Å². The monoisotopic (exact) mass is 362 g/mol. The van der Waals surface area contributed by atoms with E-state index in [0.29, 0.717) is 30.0 Å². The van der Waals surface area contributed by atoms with E-state index in [1.807, 2.05) is 0 Å². The quantitative estimate of drug-likeness (QED) is 0.874. The fourth-order valence-electron chi connectivity index (χ4n) is 3.02. The Morgan fingerprint density at radius 2 is 2.04 bits per heavy atom. The molecular formula is C16H18N4O4S. The fraction of sp³-hybridized carbons (Fsp3) is 0.375. The summed E-state index contributed by atoms with van der Waals surface area (Å²) in [6.45, 7) is 0.845. The van der Waals surface area contributed by atoms with Crippen LogP contribution in [-0.2, 0) is 10.0 Å². The molecule has 0 bridgehead atoms. The lowest BCUT2D eigenvalue weighted by Gasteiger charge is -2.31. The lowest BCUT2D eigenvalue weighted by Crippen LogP contribution is -2.38. The second kappa shape index (κ2) is 6.85. The Morgan fingerprint density at radius 1 is 1.28 bits per heavy atom. The van der Waals surface area contributed by atoms with Crippen molar-refractivity contribution in [3.8, 4) is 11.3 Å². The molecule has 1 atom stereocenters. The molecule has 0 radical (unpaired) electrons. The molecule has 25 heavy (non-hydrogen) atoms. The SMILES string of the molecule is CS(=O)(=O)N1CCC[C@@H](c2nccnc2-c2cncc(C(=O)O)c2)C1. The third-order valence-corrected chi connectivity index (χ3v) is 5.49. The van der Waals surface area contributed by atoms with Gasteiger partial charge in [-0.05, 0) is 18.9 Å². The van der Waals surface area contributed by atoms with E-state index in [1.54, 1.807) is 6.20 Å². The number of hydrogen-bond donors (Lipinski definition) is 1. The summed E-state index contributed by atoms with van der Waals surface area (Å²) < 4.78 is 25.2. The van der Waals surface area contributed by atoms with Gasteiger partial charge in [0.05, 0.1) is 23.2 Å². The van der Waals surface area contributed by atoms with Crippen molar-refractivity contribution in [1.82, 2.24) is 19.3 Å². The standard InChI is InChI=1S/C16H18N4O4S/c1-25(23,24)20-6-2-3-11(10-20)14-15(19-5-4-18-14)12-7-13(16(21)22)9-17-8-12/h4-5,7-9,11H,2-3,6,10H2,1H3,(H,21,22)/t11-/m1/s1. The third-order valence-electron chi connectivity index (χ3n) is 4.23. The Labute approximate surface area is 145 Å². The van der Waals surface area contributed by atoms with Crippen LogP contribution in [0.2, 0.25) is 0 Å². The number of aromatic carboxylic acids is 1. The van der Waals surface area contributed by atoms with Crippen LogP contribution in [0.1, 0.15) is 34.8 Å². The first-order valence-corrected chi connectivity index (χ1v) is 9.66. The number of carboxylic acid groups (broad SMARTS) is 1. The minimum Gasteiger partial charge on any atom is -0.478 e. The van der Waals surface area contributed by atoms with Crippen molar-refractivity contribution in [3.05, 3.63) is 42.1 Å². The van der Waals surface area contributed by atoms with Gasteiger partial charge < -0.3 is 5.11 Å². The van der Waals surface area contributed by atoms with E-state index in [-0.39, 0.29) is 11.5 Å². The Hall–Kier alpha value is -2.39. The van der Waals surface area contributed by atoms with Crippen molar-refractivity contribution >= 4 is 16.0 Å². The van der Waals surface area contributed by atoms with Gasteiger partial charge in [-0.25, -0.2) is 17.5 Å². The molecule has 0 aliphatic carbocycles. The van der Waals surface area contributed by atoms with Crippen molar-refractivity contribution in [1.29, 1.82) is 0 Å². The van der Waals surface area contributed by atoms with Crippen molar-refractivity contribution < 1.29 is 18.3 Å². The van der Waals surface area contributed by atoms with E-state index in [4.69, 9.17) is 5.11 Å². The zero-order valence-electron chi connectivity index (χ0n) is 13.7. The first-order chi connectivity index (χ1) is 11.9. The smallest absolute Gasteiger partial charge is 0.337 e. The number of hydrogen-bond acceptors (Lipinski definition) is 6. The van der Waals surface area contributed by atoms with Gasteiger partial charge in [0, 0.05) is 49.4 Å². The summed E-state index contributed by atoms with van der Waals surface area (Å²) in [6, 6.07) is 1.50. The second-order valence-electron chi connectivity index (χ2n) is 6.02. The molecule has 1 aliphatic rings. The zero-order valence-corrected chi connectivity index (χ0v) is 14.5. The van der Waals surface area contributed by atoms with Crippen LogP contribution < -0.4 is 0 Å². The van der Waals surface area contributed by atoms with E-state index in [9.17, 15) is 13.2 Å². The van der Waals surface area contributed by atoms with Crippen LogP contribution in [0.5, 0.6) is 0 Å². The van der Waals surface area contributed by atoms with E-state index >= 15 is 0 Å². The molecule has 1 aliphatic heterocycles. The second-order valence-corrected chi connectivity index (χ2v) is 8.00. The molecule has 132 valence electrons. The summed E-state index contributed by atoms with van der Waals surface area (Å²) in [5.74, 6) is -1.17. The number of sulfonamides is 1. The van der Waals surface area contributed by atoms with Gasteiger partial charge in [-0.15, -0.1) is 0 Å². The van der Waals surface area contributed by atoms with E-state index in [1.165, 1.54) is 35.2 Å². The molecule has 9 heteroatoms. The molecule has 3 rings (SSSR count). The number of carbonyl (C=O) groups is 1. The maximum absolute atomic E-state index is 11.9. The normalized spacial score (nSPS) is 18.8. The Morgan fingerprint density at radius 3 is 2.76 bits per heavy atom. The molecule has 2 aromatic rings. The molecular weight excluding hydrogens is 344 g/mol. The summed E-state index contributed by atoms with van der Waals surface area (Å²) in [5.41, 5.74) is 1.83. The average molecular weight is 362 g/mol. The van der Waals surface area contributed by atoms with Crippen LogP contribution in [0, 0.1) is 0 Å². The van der Waals surface area contributed by atoms with Crippen LogP contribution in [0.25, 0.3) is 11.3 Å². The predicted octanol–water partition coefficient (Wildman–Crippen LogP) is 1.38. The fourth-order valence-corrected chi connectivity index (χ4v) is 3.93. The minimum atomic E-state index is -3.27. The van der Waals surface area contributed by atoms with Crippen LogP contribution >= 0.6 is 0 Å². The van der Waals surface area contributed by atoms with E-state index in [2.05, 4.69) is 15.0 Å². The van der Waals surface area contributed by atoms with Gasteiger partial charge in [-0.2, -0.15) is 0 Å². The number of carboxylic acids is 1. The molecule has 0 aromatic carbocycles. The summed E-state index contributed by atoms with van der Waals surface area (Å²) in [7, 11) is -3.27. The van der Waals surface area contributed by atoms with Crippen LogP contribution in [0.15, 0.2) is 30.9 Å². The third kappa shape index (κ3) is 3.83. The molecule has 1 saturated heterocycles. The lowest BCUT2D eigenvalue weighted by molar-refractivity contribution is 0.0696. The molecule has 0 saturated carbocycles. The first kappa shape index (κ1) is 17.4. The van der Waals surface area contributed by atoms with Gasteiger partial charge in [0.2, 0.25) is 10.0 Å². The van der Waals surface area contributed by atoms with Gasteiger partial charge in [0.1, 0.15) is 0 Å². The number of rotatable bonds is 4. The molecule has 3 heterocycles. The molecule has 2 aromatic heterocycles. The van der Waals surface area contributed by atoms with Gasteiger partial charge in [0.25, 0.3) is 0 Å². The number of aromatic nitrogens is 3. The highest BCUT2D eigenvalue weighted by atomic mass is 32.2. The topological polar surface area (TPSA) is 113 Å².